The second-order valence-electron chi connectivity index (χ2n) is 1.47. The van der Waals surface area contributed by atoms with Crippen LogP contribution in [0.25, 0.3) is 0 Å². The summed E-state index contributed by atoms with van der Waals surface area (Å²) in [6.45, 7) is 0. The molecule has 0 bridgehead atoms. The Kier molecular flexibility index (Phi) is 1.42. The molecule has 0 aliphatic carbocycles. The molecule has 47 valence electrons. The smallest absolute Gasteiger partial charge is 0.169 e. The second kappa shape index (κ2) is 2.09. The van der Waals surface area contributed by atoms with Gasteiger partial charge in [0.25, 0.3) is 0 Å². The summed E-state index contributed by atoms with van der Waals surface area (Å²) in [4.78, 5) is 0. The van der Waals surface area contributed by atoms with Crippen molar-refractivity contribution < 1.29 is 13.2 Å². The SMILES string of the molecule is Fc1[c]c(F)c(F)cc1. The van der Waals surface area contributed by atoms with Crippen molar-refractivity contribution in [1.82, 2.24) is 0 Å². The molecule has 0 aliphatic heterocycles. The summed E-state index contributed by atoms with van der Waals surface area (Å²) in [5.74, 6) is -3.26. The van der Waals surface area contributed by atoms with Crippen LogP contribution in [0.4, 0.5) is 13.2 Å². The second-order valence-corrected chi connectivity index (χ2v) is 1.47. The van der Waals surface area contributed by atoms with Gasteiger partial charge in [0.2, 0.25) is 0 Å². The molecular weight excluding hydrogens is 129 g/mol. The van der Waals surface area contributed by atoms with Crippen molar-refractivity contribution in [3.8, 4) is 0 Å². The number of rotatable bonds is 0. The number of benzene rings is 1. The highest BCUT2D eigenvalue weighted by molar-refractivity contribution is 5.05. The van der Waals surface area contributed by atoms with E-state index in [4.69, 9.17) is 0 Å². The zero-order valence-electron chi connectivity index (χ0n) is 4.29. The number of hydrogen-bond donors (Lipinski definition) is 0. The molecule has 0 spiro atoms. The summed E-state index contributed by atoms with van der Waals surface area (Å²) in [6, 6.07) is 3.04. The molecule has 1 aromatic rings. The molecule has 1 rings (SSSR count). The van der Waals surface area contributed by atoms with Crippen molar-refractivity contribution in [3.05, 3.63) is 35.7 Å². The van der Waals surface area contributed by atoms with Crippen molar-refractivity contribution in [3.63, 3.8) is 0 Å². The zero-order valence-corrected chi connectivity index (χ0v) is 4.29. The topological polar surface area (TPSA) is 0 Å². The lowest BCUT2D eigenvalue weighted by atomic mass is 10.3. The van der Waals surface area contributed by atoms with Crippen LogP contribution in [0, 0.1) is 23.5 Å². The van der Waals surface area contributed by atoms with E-state index in [2.05, 4.69) is 0 Å². The molecule has 3 heteroatoms. The molecule has 1 radical (unpaired) electrons. The fourth-order valence-corrected chi connectivity index (χ4v) is 0.426. The third-order valence-electron chi connectivity index (χ3n) is 0.815. The van der Waals surface area contributed by atoms with E-state index < -0.39 is 17.5 Å². The molecule has 0 unspecified atom stereocenters. The van der Waals surface area contributed by atoms with Gasteiger partial charge in [-0.1, -0.05) is 0 Å². The summed E-state index contributed by atoms with van der Waals surface area (Å²) in [5, 5.41) is 0. The fourth-order valence-electron chi connectivity index (χ4n) is 0.426. The van der Waals surface area contributed by atoms with E-state index in [1.54, 1.807) is 0 Å². The molecule has 0 fully saturated rings. The quantitative estimate of drug-likeness (QED) is 0.472. The lowest BCUT2D eigenvalue weighted by Gasteiger charge is -1.88. The van der Waals surface area contributed by atoms with Gasteiger partial charge in [-0.2, -0.15) is 0 Å². The van der Waals surface area contributed by atoms with Crippen LogP contribution in [-0.4, -0.2) is 0 Å². The number of halogens is 3. The Balaban J connectivity index is 3.17. The first-order chi connectivity index (χ1) is 4.20. The minimum absolute atomic E-state index is 0.709. The van der Waals surface area contributed by atoms with Crippen molar-refractivity contribution in [2.24, 2.45) is 0 Å². The van der Waals surface area contributed by atoms with Crippen molar-refractivity contribution >= 4 is 0 Å². The van der Waals surface area contributed by atoms with Gasteiger partial charge in [0.05, 0.1) is 6.07 Å². The Labute approximate surface area is 49.9 Å². The maximum absolute atomic E-state index is 11.9. The lowest BCUT2D eigenvalue weighted by Crippen LogP contribution is -1.84. The average molecular weight is 131 g/mol. The van der Waals surface area contributed by atoms with E-state index in [-0.39, 0.29) is 0 Å². The molecule has 0 saturated carbocycles. The minimum Gasteiger partial charge on any atom is -0.206 e. The predicted molar refractivity (Wildman–Crippen MR) is 25.2 cm³/mol. The summed E-state index contributed by atoms with van der Waals surface area (Å²) in [5.41, 5.74) is 0. The molecule has 1 aromatic carbocycles. The van der Waals surface area contributed by atoms with Gasteiger partial charge in [-0.3, -0.25) is 0 Å². The Morgan fingerprint density at radius 2 is 1.78 bits per heavy atom. The fraction of sp³-hybridized carbons (Fsp3) is 0. The van der Waals surface area contributed by atoms with Crippen LogP contribution in [0.2, 0.25) is 0 Å². The maximum Gasteiger partial charge on any atom is 0.169 e. The van der Waals surface area contributed by atoms with E-state index in [0.717, 1.165) is 6.07 Å². The Hall–Kier alpha value is -0.990. The molecule has 0 N–H and O–H groups in total. The molecule has 0 amide bonds. The van der Waals surface area contributed by atoms with Gasteiger partial charge in [-0.25, -0.2) is 13.2 Å². The van der Waals surface area contributed by atoms with Gasteiger partial charge >= 0.3 is 0 Å². The van der Waals surface area contributed by atoms with E-state index in [9.17, 15) is 13.2 Å². The van der Waals surface area contributed by atoms with Crippen LogP contribution in [-0.2, 0) is 0 Å². The normalized spacial score (nSPS) is 9.67. The first-order valence-corrected chi connectivity index (χ1v) is 2.23. The van der Waals surface area contributed by atoms with E-state index >= 15 is 0 Å². The summed E-state index contributed by atoms with van der Waals surface area (Å²) >= 11 is 0. The average Bonchev–Trinajstić information content (AvgIpc) is 1.80. The Morgan fingerprint density at radius 3 is 2.22 bits per heavy atom. The predicted octanol–water partition coefficient (Wildman–Crippen LogP) is 1.90. The summed E-state index contributed by atoms with van der Waals surface area (Å²) in [7, 11) is 0. The van der Waals surface area contributed by atoms with Gasteiger partial charge in [-0.15, -0.1) is 0 Å². The van der Waals surface area contributed by atoms with Crippen LogP contribution in [0.15, 0.2) is 12.1 Å². The van der Waals surface area contributed by atoms with Gasteiger partial charge in [0.1, 0.15) is 5.82 Å². The van der Waals surface area contributed by atoms with Crippen LogP contribution in [0.3, 0.4) is 0 Å². The van der Waals surface area contributed by atoms with Gasteiger partial charge in [0, 0.05) is 0 Å². The van der Waals surface area contributed by atoms with Crippen molar-refractivity contribution in [1.29, 1.82) is 0 Å². The highest BCUT2D eigenvalue weighted by atomic mass is 19.2. The van der Waals surface area contributed by atoms with E-state index in [1.165, 1.54) is 6.07 Å². The van der Waals surface area contributed by atoms with Gasteiger partial charge in [-0.05, 0) is 12.1 Å². The van der Waals surface area contributed by atoms with Crippen molar-refractivity contribution in [2.45, 2.75) is 0 Å². The monoisotopic (exact) mass is 131 g/mol. The first kappa shape index (κ1) is 6.13. The van der Waals surface area contributed by atoms with Crippen molar-refractivity contribution in [2.75, 3.05) is 0 Å². The van der Waals surface area contributed by atoms with Crippen LogP contribution >= 0.6 is 0 Å². The third kappa shape index (κ3) is 1.22. The Bertz CT molecular complexity index is 220. The van der Waals surface area contributed by atoms with E-state index in [0.29, 0.717) is 6.07 Å². The molecule has 0 atom stereocenters. The van der Waals surface area contributed by atoms with E-state index in [1.807, 2.05) is 0 Å². The van der Waals surface area contributed by atoms with Gasteiger partial charge < -0.3 is 0 Å². The first-order valence-electron chi connectivity index (χ1n) is 2.23. The largest absolute Gasteiger partial charge is 0.206 e. The summed E-state index contributed by atoms with van der Waals surface area (Å²) in [6.07, 6.45) is 0. The molecule has 0 aliphatic rings. The zero-order chi connectivity index (χ0) is 6.85. The highest BCUT2D eigenvalue weighted by Gasteiger charge is 2.00. The molecule has 0 nitrogen and oxygen atoms in total. The molecule has 9 heavy (non-hydrogen) atoms. The summed E-state index contributed by atoms with van der Waals surface area (Å²) < 4.78 is 35.7. The van der Waals surface area contributed by atoms with Crippen LogP contribution in [0.1, 0.15) is 0 Å². The van der Waals surface area contributed by atoms with Crippen LogP contribution in [0.5, 0.6) is 0 Å². The Morgan fingerprint density at radius 1 is 1.11 bits per heavy atom. The maximum atomic E-state index is 11.9. The van der Waals surface area contributed by atoms with Crippen LogP contribution < -0.4 is 0 Å². The number of hydrogen-bond acceptors (Lipinski definition) is 0. The third-order valence-corrected chi connectivity index (χ3v) is 0.815. The highest BCUT2D eigenvalue weighted by Crippen LogP contribution is 2.05. The standard InChI is InChI=1S/C6H2F3/c7-4-1-2-5(8)6(9)3-4/h1-2H. The van der Waals surface area contributed by atoms with Gasteiger partial charge in [0.15, 0.2) is 11.6 Å². The molecule has 0 heterocycles. The molecular formula is C6H2F3. The molecule has 0 saturated heterocycles. The minimum atomic E-state index is -1.28. The lowest BCUT2D eigenvalue weighted by molar-refractivity contribution is 0.492. The molecule has 0 aromatic heterocycles.